The minimum atomic E-state index is -0.186. The quantitative estimate of drug-likeness (QED) is 0.0218. The average molecular weight is 1840 g/mol. The lowest BCUT2D eigenvalue weighted by molar-refractivity contribution is 0.276. The van der Waals surface area contributed by atoms with Crippen molar-refractivity contribution in [3.8, 4) is 85.4 Å². The van der Waals surface area contributed by atoms with Crippen LogP contribution in [0.4, 0.5) is 29.1 Å². The Morgan fingerprint density at radius 2 is 0.584 bits per heavy atom. The van der Waals surface area contributed by atoms with Gasteiger partial charge in [-0.25, -0.2) is 49.8 Å². The SMILES string of the molecule is Cc1cn(-c2ccc(-c3cc(C)c(NC(C)C)nn3)nc2CO)cn1.Cc1cn(-c2ccc(-c3cc(C)c(NC4CC4)nn3)nc2CO)cn1.Cc1cn(-c2ccc(-c3cc(C)c(N[C@@H](C)c4ccccn4)nn3)nc2CO)cn1.Cc1cn(-c2ccc(-c3cc(C)c(N[C@H](C)C(C)C)nn3)nc2CO)cn1.Cc1cn(-c2ccc(-c3cc(C)c(N[C@H](C)c4ccccc4)nn3)nc2CO)cn1. The summed E-state index contributed by atoms with van der Waals surface area (Å²) in [7, 11) is 0. The fourth-order valence-electron chi connectivity index (χ4n) is 14.5. The van der Waals surface area contributed by atoms with Gasteiger partial charge in [0.05, 0.1) is 196 Å². The van der Waals surface area contributed by atoms with Crippen molar-refractivity contribution in [2.45, 2.75) is 194 Å². The molecule has 17 aromatic rings. The molecule has 3 atom stereocenters. The normalized spacial score (nSPS) is 12.3. The number of imidazole rings is 5. The molecule has 0 saturated heterocycles. The van der Waals surface area contributed by atoms with Crippen LogP contribution < -0.4 is 26.6 Å². The van der Waals surface area contributed by atoms with E-state index in [4.69, 9.17) is 0 Å². The maximum Gasteiger partial charge on any atom is 0.152 e. The van der Waals surface area contributed by atoms with Gasteiger partial charge in [-0.1, -0.05) is 50.2 Å². The highest BCUT2D eigenvalue weighted by molar-refractivity contribution is 5.66. The highest BCUT2D eigenvalue weighted by Crippen LogP contribution is 2.33. The Morgan fingerprint density at radius 3 is 0.839 bits per heavy atom. The van der Waals surface area contributed by atoms with E-state index >= 15 is 0 Å². The topological polar surface area (TPSA) is 457 Å². The van der Waals surface area contributed by atoms with E-state index in [9.17, 15) is 25.5 Å². The maximum atomic E-state index is 9.82. The molecule has 18 rings (SSSR count). The van der Waals surface area contributed by atoms with E-state index in [0.717, 1.165) is 114 Å². The molecule has 0 aliphatic heterocycles. The van der Waals surface area contributed by atoms with E-state index < -0.39 is 0 Å². The molecule has 16 aromatic heterocycles. The molecular weight excluding hydrogens is 1730 g/mol. The van der Waals surface area contributed by atoms with Crippen molar-refractivity contribution in [1.82, 2.24) is 129 Å². The summed E-state index contributed by atoms with van der Waals surface area (Å²) in [6.45, 7) is 33.4. The van der Waals surface area contributed by atoms with Crippen molar-refractivity contribution in [2.75, 3.05) is 26.6 Å². The molecule has 0 bridgehead atoms. The van der Waals surface area contributed by atoms with Crippen molar-refractivity contribution in [1.29, 1.82) is 0 Å². The molecule has 0 radical (unpaired) electrons. The number of aliphatic hydroxyl groups is 5. The minimum Gasteiger partial charge on any atom is -0.390 e. The minimum absolute atomic E-state index is 0.00193. The number of aromatic nitrogens is 26. The van der Waals surface area contributed by atoms with Crippen LogP contribution in [0.1, 0.15) is 169 Å². The van der Waals surface area contributed by atoms with Gasteiger partial charge in [0.2, 0.25) is 0 Å². The van der Waals surface area contributed by atoms with Gasteiger partial charge in [-0.15, -0.1) is 51.0 Å². The first-order valence-electron chi connectivity index (χ1n) is 45.2. The molecule has 704 valence electrons. The molecule has 0 spiro atoms. The van der Waals surface area contributed by atoms with Crippen molar-refractivity contribution >= 4 is 29.1 Å². The van der Waals surface area contributed by atoms with E-state index in [1.54, 1.807) is 37.8 Å². The number of hydrogen-bond donors (Lipinski definition) is 10. The van der Waals surface area contributed by atoms with Gasteiger partial charge in [-0.05, 0) is 259 Å². The summed E-state index contributed by atoms with van der Waals surface area (Å²) < 4.78 is 9.27. The first-order chi connectivity index (χ1) is 66.1. The van der Waals surface area contributed by atoms with Crippen LogP contribution in [0, 0.1) is 75.2 Å². The number of anilines is 5. The monoisotopic (exact) mass is 1840 g/mol. The Bertz CT molecular complexity index is 6620. The second-order valence-electron chi connectivity index (χ2n) is 34.3. The fraction of sp³-hybridized carbons (Fsp3) is 0.297. The fourth-order valence-corrected chi connectivity index (χ4v) is 14.5. The largest absolute Gasteiger partial charge is 0.390 e. The van der Waals surface area contributed by atoms with Crippen LogP contribution in [0.25, 0.3) is 85.4 Å². The molecule has 1 saturated carbocycles. The average Bonchev–Trinajstić information content (AvgIpc) is 1.75. The Balaban J connectivity index is 0.000000137. The number of aliphatic hydroxyl groups excluding tert-OH is 5. The van der Waals surface area contributed by atoms with E-state index in [-0.39, 0.29) is 51.2 Å². The summed E-state index contributed by atoms with van der Waals surface area (Å²) in [5.41, 5.74) is 25.1. The molecule has 0 unspecified atom stereocenters. The summed E-state index contributed by atoms with van der Waals surface area (Å²) >= 11 is 0. The van der Waals surface area contributed by atoms with Crippen LogP contribution in [0.15, 0.2) is 208 Å². The summed E-state index contributed by atoms with van der Waals surface area (Å²) in [6.07, 6.45) is 22.2. The molecule has 137 heavy (non-hydrogen) atoms. The molecule has 0 amide bonds. The third-order valence-electron chi connectivity index (χ3n) is 22.5. The highest BCUT2D eigenvalue weighted by atomic mass is 16.3. The van der Waals surface area contributed by atoms with Crippen LogP contribution in [-0.4, -0.2) is 172 Å². The van der Waals surface area contributed by atoms with Gasteiger partial charge in [-0.3, -0.25) is 4.98 Å². The molecule has 1 aliphatic carbocycles. The maximum absolute atomic E-state index is 9.82. The van der Waals surface area contributed by atoms with Crippen LogP contribution >= 0.6 is 0 Å². The number of nitrogens with one attached hydrogen (secondary N) is 5. The van der Waals surface area contributed by atoms with E-state index in [2.05, 4.69) is 186 Å². The van der Waals surface area contributed by atoms with Gasteiger partial charge in [0.1, 0.15) is 28.5 Å². The zero-order valence-electron chi connectivity index (χ0n) is 79.9. The van der Waals surface area contributed by atoms with Crippen molar-refractivity contribution in [2.24, 2.45) is 5.92 Å². The summed E-state index contributed by atoms with van der Waals surface area (Å²) in [5, 5.41) is 109. The predicted molar refractivity (Wildman–Crippen MR) is 527 cm³/mol. The molecule has 36 heteroatoms. The zero-order chi connectivity index (χ0) is 97.1. The molecule has 1 aliphatic rings. The first kappa shape index (κ1) is 97.4. The van der Waals surface area contributed by atoms with E-state index in [0.29, 0.717) is 109 Å². The third-order valence-corrected chi connectivity index (χ3v) is 22.5. The van der Waals surface area contributed by atoms with Crippen LogP contribution in [-0.2, 0) is 33.0 Å². The Labute approximate surface area is 795 Å². The smallest absolute Gasteiger partial charge is 0.152 e. The highest BCUT2D eigenvalue weighted by Gasteiger charge is 2.25. The van der Waals surface area contributed by atoms with Gasteiger partial charge in [-0.2, -0.15) is 0 Å². The molecular formula is C101H115N31O5. The van der Waals surface area contributed by atoms with Crippen LogP contribution in [0.3, 0.4) is 0 Å². The lowest BCUT2D eigenvalue weighted by Gasteiger charge is -2.19. The lowest BCUT2D eigenvalue weighted by Crippen LogP contribution is -2.23. The van der Waals surface area contributed by atoms with Crippen LogP contribution in [0.2, 0.25) is 0 Å². The Morgan fingerprint density at radius 1 is 0.299 bits per heavy atom. The number of hydrogen-bond acceptors (Lipinski definition) is 31. The molecule has 1 fully saturated rings. The molecule has 1 aromatic carbocycles. The van der Waals surface area contributed by atoms with Crippen LogP contribution in [0.5, 0.6) is 0 Å². The van der Waals surface area contributed by atoms with Gasteiger partial charge in [0.25, 0.3) is 0 Å². The number of nitrogens with zero attached hydrogens (tertiary/aromatic N) is 26. The van der Waals surface area contributed by atoms with Gasteiger partial charge in [0.15, 0.2) is 29.1 Å². The summed E-state index contributed by atoms with van der Waals surface area (Å²) in [4.78, 5) is 48.4. The lowest BCUT2D eigenvalue weighted by atomic mass is 10.1. The van der Waals surface area contributed by atoms with Gasteiger partial charge in [0, 0.05) is 55.3 Å². The second-order valence-corrected chi connectivity index (χ2v) is 34.3. The van der Waals surface area contributed by atoms with Crippen molar-refractivity contribution in [3.63, 3.8) is 0 Å². The molecule has 36 nitrogen and oxygen atoms in total. The Kier molecular flexibility index (Phi) is 31.9. The van der Waals surface area contributed by atoms with E-state index in [1.165, 1.54) is 18.4 Å². The summed E-state index contributed by atoms with van der Waals surface area (Å²) in [5.74, 6) is 4.32. The first-order valence-corrected chi connectivity index (χ1v) is 45.2. The Hall–Kier alpha value is -15.6. The number of rotatable bonds is 28. The van der Waals surface area contributed by atoms with E-state index in [1.807, 2.05) is 257 Å². The number of benzene rings is 1. The zero-order valence-corrected chi connectivity index (χ0v) is 79.9. The third kappa shape index (κ3) is 24.9. The number of pyridine rings is 6. The van der Waals surface area contributed by atoms with Gasteiger partial charge >= 0.3 is 0 Å². The second kappa shape index (κ2) is 44.9. The van der Waals surface area contributed by atoms with Crippen molar-refractivity contribution < 1.29 is 25.5 Å². The predicted octanol–water partition coefficient (Wildman–Crippen LogP) is 15.8. The molecule has 10 N–H and O–H groups in total. The number of aryl methyl sites for hydroxylation is 10. The van der Waals surface area contributed by atoms with Crippen molar-refractivity contribution in [3.05, 3.63) is 304 Å². The standard InChI is InChI=1S/C23H24N6O.C22H23N7O.C20H26N6O.C18H20N6O.C18H22N6O/c1-15-11-20(27-28-23(15)25-17(3)18-7-5-4-6-8-18)19-9-10-22(21(13-30)26-19)29-12-16(2)24-14-29;1-14-10-19(27-28-22(14)25-16(3)17-6-4-5-9-23-17)18-7-8-21(20(12-30)26-18)29-11-15(2)24-13-29;1-12(2)15(5)22-20-13(3)8-17(24-25-20)16-6-7-19(18(10-27)23-16)26-9-14(4)21-11-26;1-11-7-15(22-23-18(11)20-13-3-4-13)14-5-6-17(16(9-25)21-14)24-8-12(2)19-10-24;1-11(2)20-18-12(3)7-15(22-23-18)14-5-6-17(16(9-25)21-14)24-8-13(4)19-10-24/h4-12,14,17,30H,13H2,1-3H3,(H,25,28);4-11,13,16,30H,12H2,1-3H3,(H,25,28);6-9,11-12,15,27H,10H2,1-5H3,(H,22,25);5-8,10,13,25H,3-4,9H2,1-2H3,(H,20,23);5-8,10-11,25H,9H2,1-4H3,(H,20,23)/t17-;16-;15-;;/m101../s1. The van der Waals surface area contributed by atoms with Gasteiger partial charge < -0.3 is 75.0 Å². The molecule has 16 heterocycles. The summed E-state index contributed by atoms with van der Waals surface area (Å²) in [6, 6.07) is 46.0.